The molecule has 0 aliphatic carbocycles. The van der Waals surface area contributed by atoms with Crippen LogP contribution in [0.1, 0.15) is 19.3 Å². The monoisotopic (exact) mass is 211 g/mol. The van der Waals surface area contributed by atoms with Gasteiger partial charge in [0.25, 0.3) is 0 Å². The van der Waals surface area contributed by atoms with Crippen LogP contribution in [0.5, 0.6) is 0 Å². The molecule has 0 radical (unpaired) electrons. The topological polar surface area (TPSA) is 21.7 Å². The molecular formula is C12H21NO2. The third-order valence-electron chi connectivity index (χ3n) is 3.64. The number of methoxy groups -OCH3 is 2. The lowest BCUT2D eigenvalue weighted by atomic mass is 9.93. The van der Waals surface area contributed by atoms with Gasteiger partial charge in [0.05, 0.1) is 13.2 Å². The summed E-state index contributed by atoms with van der Waals surface area (Å²) in [5.41, 5.74) is 1.84. The predicted molar refractivity (Wildman–Crippen MR) is 60.0 cm³/mol. The van der Waals surface area contributed by atoms with Crippen molar-refractivity contribution in [3.8, 4) is 0 Å². The summed E-state index contributed by atoms with van der Waals surface area (Å²) in [5, 5.41) is 0. The van der Waals surface area contributed by atoms with Gasteiger partial charge >= 0.3 is 0 Å². The summed E-state index contributed by atoms with van der Waals surface area (Å²) in [7, 11) is 3.56. The molecule has 2 heterocycles. The smallest absolute Gasteiger partial charge is 0.0649 e. The van der Waals surface area contributed by atoms with Crippen molar-refractivity contribution in [2.45, 2.75) is 24.8 Å². The van der Waals surface area contributed by atoms with E-state index in [1.54, 1.807) is 7.11 Å². The summed E-state index contributed by atoms with van der Waals surface area (Å²) < 4.78 is 10.5. The normalized spacial score (nSPS) is 33.9. The third kappa shape index (κ3) is 2.10. The highest BCUT2D eigenvalue weighted by Gasteiger charge is 2.45. The minimum atomic E-state index is 0.314. The largest absolute Gasteiger partial charge is 0.383 e. The van der Waals surface area contributed by atoms with E-state index in [0.717, 1.165) is 19.8 Å². The van der Waals surface area contributed by atoms with Crippen molar-refractivity contribution >= 4 is 0 Å². The Hall–Kier alpha value is -0.380. The van der Waals surface area contributed by atoms with Gasteiger partial charge in [-0.3, -0.25) is 4.90 Å². The van der Waals surface area contributed by atoms with Crippen molar-refractivity contribution in [2.75, 3.05) is 40.5 Å². The van der Waals surface area contributed by atoms with Crippen molar-refractivity contribution < 1.29 is 9.47 Å². The van der Waals surface area contributed by atoms with Crippen LogP contribution in [0.2, 0.25) is 0 Å². The van der Waals surface area contributed by atoms with Gasteiger partial charge in [-0.2, -0.15) is 0 Å². The molecule has 0 unspecified atom stereocenters. The fraction of sp³-hybridized carbons (Fsp3) is 0.833. The molecular weight excluding hydrogens is 190 g/mol. The molecule has 0 amide bonds. The lowest BCUT2D eigenvalue weighted by Crippen LogP contribution is -2.42. The summed E-state index contributed by atoms with van der Waals surface area (Å²) in [6.45, 7) is 3.96. The van der Waals surface area contributed by atoms with Crippen LogP contribution in [0.25, 0.3) is 0 Å². The van der Waals surface area contributed by atoms with E-state index >= 15 is 0 Å². The zero-order valence-electron chi connectivity index (χ0n) is 9.79. The molecule has 2 aliphatic rings. The number of hydrogen-bond donors (Lipinski definition) is 0. The number of hydrogen-bond acceptors (Lipinski definition) is 3. The molecule has 0 aromatic rings. The Bertz CT molecular complexity index is 252. The molecule has 86 valence electrons. The van der Waals surface area contributed by atoms with Crippen LogP contribution in [0.4, 0.5) is 0 Å². The minimum Gasteiger partial charge on any atom is -0.383 e. The van der Waals surface area contributed by atoms with Crippen LogP contribution in [0.3, 0.4) is 0 Å². The Morgan fingerprint density at radius 2 is 2.27 bits per heavy atom. The van der Waals surface area contributed by atoms with E-state index in [9.17, 15) is 0 Å². The van der Waals surface area contributed by atoms with Gasteiger partial charge in [0, 0.05) is 26.3 Å². The van der Waals surface area contributed by atoms with Crippen LogP contribution in [0.15, 0.2) is 11.6 Å². The van der Waals surface area contributed by atoms with Crippen LogP contribution in [0, 0.1) is 0 Å². The fourth-order valence-electron chi connectivity index (χ4n) is 2.99. The maximum Gasteiger partial charge on any atom is 0.0649 e. The maximum absolute atomic E-state index is 5.38. The first-order valence-electron chi connectivity index (χ1n) is 5.71. The van der Waals surface area contributed by atoms with E-state index in [1.807, 2.05) is 7.11 Å². The highest BCUT2D eigenvalue weighted by Crippen LogP contribution is 2.41. The lowest BCUT2D eigenvalue weighted by molar-refractivity contribution is 0.0656. The second-order valence-electron chi connectivity index (χ2n) is 4.68. The zero-order valence-corrected chi connectivity index (χ0v) is 9.79. The Kier molecular flexibility index (Phi) is 3.44. The van der Waals surface area contributed by atoms with Crippen molar-refractivity contribution in [2.24, 2.45) is 0 Å². The van der Waals surface area contributed by atoms with E-state index in [4.69, 9.17) is 9.47 Å². The van der Waals surface area contributed by atoms with E-state index < -0.39 is 0 Å². The summed E-state index contributed by atoms with van der Waals surface area (Å²) in [4.78, 5) is 2.58. The second-order valence-corrected chi connectivity index (χ2v) is 4.68. The van der Waals surface area contributed by atoms with E-state index in [1.165, 1.54) is 31.4 Å². The first-order valence-corrected chi connectivity index (χ1v) is 5.71. The molecule has 2 saturated heterocycles. The molecule has 0 spiro atoms. The quantitative estimate of drug-likeness (QED) is 0.657. The van der Waals surface area contributed by atoms with Gasteiger partial charge in [-0.25, -0.2) is 0 Å². The number of ether oxygens (including phenoxy) is 2. The Balaban J connectivity index is 2.04. The summed E-state index contributed by atoms with van der Waals surface area (Å²) >= 11 is 0. The average molecular weight is 211 g/mol. The molecule has 3 nitrogen and oxygen atoms in total. The molecule has 15 heavy (non-hydrogen) atoms. The number of fused-ring (bicyclic) bond motifs is 1. The van der Waals surface area contributed by atoms with Gasteiger partial charge in [0.15, 0.2) is 0 Å². The SMILES string of the molecule is COC/C=C1/CN2CCC[C@@]2(COC)C1. The van der Waals surface area contributed by atoms with Gasteiger partial charge in [0.2, 0.25) is 0 Å². The van der Waals surface area contributed by atoms with Crippen LogP contribution in [-0.4, -0.2) is 51.0 Å². The predicted octanol–water partition coefficient (Wildman–Crippen LogP) is 1.44. The Morgan fingerprint density at radius 3 is 3.00 bits per heavy atom. The second kappa shape index (κ2) is 4.64. The van der Waals surface area contributed by atoms with Gasteiger partial charge in [-0.15, -0.1) is 0 Å². The van der Waals surface area contributed by atoms with E-state index in [2.05, 4.69) is 11.0 Å². The highest BCUT2D eigenvalue weighted by molar-refractivity contribution is 5.20. The molecule has 3 heteroatoms. The van der Waals surface area contributed by atoms with Gasteiger partial charge in [-0.05, 0) is 25.8 Å². The van der Waals surface area contributed by atoms with Gasteiger partial charge < -0.3 is 9.47 Å². The van der Waals surface area contributed by atoms with E-state index in [0.29, 0.717) is 5.54 Å². The van der Waals surface area contributed by atoms with Crippen molar-refractivity contribution in [3.05, 3.63) is 11.6 Å². The van der Waals surface area contributed by atoms with Gasteiger partial charge in [0.1, 0.15) is 0 Å². The van der Waals surface area contributed by atoms with Crippen molar-refractivity contribution in [1.29, 1.82) is 0 Å². The third-order valence-corrected chi connectivity index (χ3v) is 3.64. The summed E-state index contributed by atoms with van der Waals surface area (Å²) in [5.74, 6) is 0. The maximum atomic E-state index is 5.38. The summed E-state index contributed by atoms with van der Waals surface area (Å²) in [6.07, 6.45) is 6.01. The highest BCUT2D eigenvalue weighted by atomic mass is 16.5. The molecule has 0 bridgehead atoms. The van der Waals surface area contributed by atoms with E-state index in [-0.39, 0.29) is 0 Å². The lowest BCUT2D eigenvalue weighted by Gasteiger charge is -2.30. The van der Waals surface area contributed by atoms with Crippen molar-refractivity contribution in [3.63, 3.8) is 0 Å². The minimum absolute atomic E-state index is 0.314. The molecule has 2 aliphatic heterocycles. The molecule has 0 N–H and O–H groups in total. The summed E-state index contributed by atoms with van der Waals surface area (Å²) in [6, 6.07) is 0. The van der Waals surface area contributed by atoms with Crippen LogP contribution < -0.4 is 0 Å². The average Bonchev–Trinajstić information content (AvgIpc) is 2.71. The van der Waals surface area contributed by atoms with Gasteiger partial charge in [-0.1, -0.05) is 11.6 Å². The number of rotatable bonds is 4. The first kappa shape index (κ1) is 11.1. The zero-order chi connectivity index (χ0) is 10.7. The van der Waals surface area contributed by atoms with Crippen molar-refractivity contribution in [1.82, 2.24) is 4.90 Å². The van der Waals surface area contributed by atoms with Crippen LogP contribution in [-0.2, 0) is 9.47 Å². The molecule has 0 saturated carbocycles. The molecule has 2 fully saturated rings. The van der Waals surface area contributed by atoms with Crippen LogP contribution >= 0.6 is 0 Å². The fourth-order valence-corrected chi connectivity index (χ4v) is 2.99. The molecule has 0 aromatic carbocycles. The first-order chi connectivity index (χ1) is 7.30. The standard InChI is InChI=1S/C12H21NO2/c1-14-7-4-11-8-12(10-15-2)5-3-6-13(12)9-11/h4H,3,5-10H2,1-2H3/b11-4+/t12-/m0/s1. The Labute approximate surface area is 92.0 Å². The molecule has 1 atom stereocenters. The molecule has 0 aromatic heterocycles. The number of nitrogens with zero attached hydrogens (tertiary/aromatic N) is 1. The Morgan fingerprint density at radius 1 is 1.40 bits per heavy atom. The molecule has 2 rings (SSSR count).